The highest BCUT2D eigenvalue weighted by Crippen LogP contribution is 2.29. The summed E-state index contributed by atoms with van der Waals surface area (Å²) < 4.78 is 0.915. The van der Waals surface area contributed by atoms with Crippen LogP contribution >= 0.6 is 15.9 Å². The van der Waals surface area contributed by atoms with Gasteiger partial charge in [0.25, 0.3) is 5.91 Å². The standard InChI is InChI=1S/C21H17BrN2O2/c22-19-13-7-8-16(14-19)15-23-24-20(25)21(26,17-9-3-1-4-10-17)18-11-5-2-6-12-18/h1-15,26H,(H,24,25). The van der Waals surface area contributed by atoms with Gasteiger partial charge in [0.05, 0.1) is 6.21 Å². The van der Waals surface area contributed by atoms with E-state index in [1.165, 1.54) is 6.21 Å². The van der Waals surface area contributed by atoms with E-state index >= 15 is 0 Å². The van der Waals surface area contributed by atoms with Crippen molar-refractivity contribution in [2.45, 2.75) is 5.60 Å². The van der Waals surface area contributed by atoms with Crippen LogP contribution in [0.1, 0.15) is 16.7 Å². The van der Waals surface area contributed by atoms with Crippen molar-refractivity contribution in [3.05, 3.63) is 106 Å². The molecule has 0 unspecified atom stereocenters. The minimum Gasteiger partial charge on any atom is -0.372 e. The van der Waals surface area contributed by atoms with Crippen molar-refractivity contribution in [3.8, 4) is 0 Å². The molecule has 0 aliphatic heterocycles. The Kier molecular flexibility index (Phi) is 5.61. The molecule has 3 aromatic carbocycles. The van der Waals surface area contributed by atoms with Crippen LogP contribution in [-0.4, -0.2) is 17.2 Å². The summed E-state index contributed by atoms with van der Waals surface area (Å²) in [6.45, 7) is 0. The third-order valence-electron chi connectivity index (χ3n) is 3.94. The number of hydrogen-bond acceptors (Lipinski definition) is 3. The third kappa shape index (κ3) is 3.90. The summed E-state index contributed by atoms with van der Waals surface area (Å²) in [4.78, 5) is 12.8. The second kappa shape index (κ2) is 8.08. The molecule has 0 spiro atoms. The van der Waals surface area contributed by atoms with Crippen molar-refractivity contribution in [2.75, 3.05) is 0 Å². The molecular weight excluding hydrogens is 392 g/mol. The molecule has 3 rings (SSSR count). The van der Waals surface area contributed by atoms with Crippen molar-refractivity contribution in [1.82, 2.24) is 5.43 Å². The molecule has 0 aliphatic rings. The molecule has 0 atom stereocenters. The van der Waals surface area contributed by atoms with Crippen LogP contribution in [0.4, 0.5) is 0 Å². The Labute approximate surface area is 160 Å². The highest BCUT2D eigenvalue weighted by atomic mass is 79.9. The zero-order valence-electron chi connectivity index (χ0n) is 13.8. The smallest absolute Gasteiger partial charge is 0.281 e. The molecule has 3 aromatic rings. The van der Waals surface area contributed by atoms with Crippen LogP contribution in [0.5, 0.6) is 0 Å². The van der Waals surface area contributed by atoms with Gasteiger partial charge < -0.3 is 5.11 Å². The van der Waals surface area contributed by atoms with Gasteiger partial charge >= 0.3 is 0 Å². The number of nitrogens with zero attached hydrogens (tertiary/aromatic N) is 1. The second-order valence-electron chi connectivity index (χ2n) is 5.70. The summed E-state index contributed by atoms with van der Waals surface area (Å²) in [6.07, 6.45) is 1.53. The second-order valence-corrected chi connectivity index (χ2v) is 6.61. The van der Waals surface area contributed by atoms with Gasteiger partial charge in [-0.25, -0.2) is 5.43 Å². The monoisotopic (exact) mass is 408 g/mol. The van der Waals surface area contributed by atoms with Crippen LogP contribution in [0.25, 0.3) is 0 Å². The quantitative estimate of drug-likeness (QED) is 0.497. The van der Waals surface area contributed by atoms with E-state index in [1.807, 2.05) is 36.4 Å². The first-order chi connectivity index (χ1) is 12.6. The lowest BCUT2D eigenvalue weighted by atomic mass is 9.85. The number of amides is 1. The molecule has 26 heavy (non-hydrogen) atoms. The van der Waals surface area contributed by atoms with Gasteiger partial charge in [0.2, 0.25) is 0 Å². The Bertz CT molecular complexity index is 872. The van der Waals surface area contributed by atoms with Crippen LogP contribution < -0.4 is 5.43 Å². The molecule has 0 aliphatic carbocycles. The molecule has 0 saturated heterocycles. The predicted molar refractivity (Wildman–Crippen MR) is 106 cm³/mol. The van der Waals surface area contributed by atoms with Gasteiger partial charge in [0, 0.05) is 4.47 Å². The number of carbonyl (C=O) groups excluding carboxylic acids is 1. The fourth-order valence-electron chi connectivity index (χ4n) is 2.62. The van der Waals surface area contributed by atoms with Crippen molar-refractivity contribution >= 4 is 28.1 Å². The topological polar surface area (TPSA) is 61.7 Å². The molecule has 0 bridgehead atoms. The zero-order valence-corrected chi connectivity index (χ0v) is 15.4. The SMILES string of the molecule is O=C(NN=Cc1cccc(Br)c1)C(O)(c1ccccc1)c1ccccc1. The zero-order chi connectivity index (χ0) is 18.4. The lowest BCUT2D eigenvalue weighted by Crippen LogP contribution is -2.43. The van der Waals surface area contributed by atoms with Crippen LogP contribution in [0.15, 0.2) is 94.5 Å². The van der Waals surface area contributed by atoms with E-state index in [2.05, 4.69) is 26.5 Å². The number of nitrogens with one attached hydrogen (secondary N) is 1. The van der Waals surface area contributed by atoms with Crippen LogP contribution in [0.3, 0.4) is 0 Å². The van der Waals surface area contributed by atoms with E-state index in [1.54, 1.807) is 48.5 Å². The summed E-state index contributed by atoms with van der Waals surface area (Å²) in [5.41, 5.74) is 2.39. The van der Waals surface area contributed by atoms with E-state index < -0.39 is 11.5 Å². The van der Waals surface area contributed by atoms with Gasteiger partial charge in [-0.15, -0.1) is 0 Å². The Balaban J connectivity index is 1.89. The maximum Gasteiger partial charge on any atom is 0.281 e. The molecule has 2 N–H and O–H groups in total. The van der Waals surface area contributed by atoms with E-state index in [4.69, 9.17) is 0 Å². The lowest BCUT2D eigenvalue weighted by Gasteiger charge is -2.27. The average molecular weight is 409 g/mol. The minimum atomic E-state index is -1.84. The van der Waals surface area contributed by atoms with Gasteiger partial charge in [-0.1, -0.05) is 88.7 Å². The highest BCUT2D eigenvalue weighted by molar-refractivity contribution is 9.10. The van der Waals surface area contributed by atoms with Crippen LogP contribution in [-0.2, 0) is 10.4 Å². The number of aliphatic hydroxyl groups is 1. The minimum absolute atomic E-state index is 0.473. The van der Waals surface area contributed by atoms with E-state index in [-0.39, 0.29) is 0 Å². The lowest BCUT2D eigenvalue weighted by molar-refractivity contribution is -0.136. The molecule has 0 radical (unpaired) electrons. The largest absolute Gasteiger partial charge is 0.372 e. The molecule has 0 aromatic heterocycles. The molecular formula is C21H17BrN2O2. The maximum atomic E-state index is 12.8. The van der Waals surface area contributed by atoms with Crippen molar-refractivity contribution in [3.63, 3.8) is 0 Å². The molecule has 1 amide bonds. The Hall–Kier alpha value is -2.76. The maximum absolute atomic E-state index is 12.8. The van der Waals surface area contributed by atoms with Gasteiger partial charge in [-0.2, -0.15) is 5.10 Å². The summed E-state index contributed by atoms with van der Waals surface area (Å²) in [6, 6.07) is 25.1. The normalized spacial score (nSPS) is 11.5. The predicted octanol–water partition coefficient (Wildman–Crippen LogP) is 3.84. The number of rotatable bonds is 5. The van der Waals surface area contributed by atoms with Crippen LogP contribution in [0, 0.1) is 0 Å². The first-order valence-corrected chi connectivity index (χ1v) is 8.82. The van der Waals surface area contributed by atoms with Gasteiger partial charge in [-0.05, 0) is 28.8 Å². The van der Waals surface area contributed by atoms with Crippen molar-refractivity contribution < 1.29 is 9.90 Å². The molecule has 0 saturated carbocycles. The molecule has 5 heteroatoms. The fourth-order valence-corrected chi connectivity index (χ4v) is 3.04. The van der Waals surface area contributed by atoms with E-state index in [0.29, 0.717) is 11.1 Å². The molecule has 0 heterocycles. The van der Waals surface area contributed by atoms with E-state index in [9.17, 15) is 9.90 Å². The van der Waals surface area contributed by atoms with Gasteiger partial charge in [0.15, 0.2) is 5.60 Å². The number of halogens is 1. The molecule has 4 nitrogen and oxygen atoms in total. The number of hydrazone groups is 1. The van der Waals surface area contributed by atoms with E-state index in [0.717, 1.165) is 10.0 Å². The number of benzene rings is 3. The Morgan fingerprint density at radius 2 is 1.50 bits per heavy atom. The third-order valence-corrected chi connectivity index (χ3v) is 4.43. The van der Waals surface area contributed by atoms with Crippen LogP contribution in [0.2, 0.25) is 0 Å². The number of hydrogen-bond donors (Lipinski definition) is 2. The Morgan fingerprint density at radius 1 is 0.923 bits per heavy atom. The first-order valence-electron chi connectivity index (χ1n) is 8.03. The highest BCUT2D eigenvalue weighted by Gasteiger charge is 2.39. The molecule has 130 valence electrons. The van der Waals surface area contributed by atoms with Gasteiger partial charge in [0.1, 0.15) is 0 Å². The first kappa shape index (κ1) is 18.0. The molecule has 0 fully saturated rings. The summed E-state index contributed by atoms with van der Waals surface area (Å²) in [7, 11) is 0. The fraction of sp³-hybridized carbons (Fsp3) is 0.0476. The summed E-state index contributed by atoms with van der Waals surface area (Å²) in [5.74, 6) is -0.624. The van der Waals surface area contributed by atoms with Crippen molar-refractivity contribution in [1.29, 1.82) is 0 Å². The van der Waals surface area contributed by atoms with Gasteiger partial charge in [-0.3, -0.25) is 4.79 Å². The summed E-state index contributed by atoms with van der Waals surface area (Å²) in [5, 5.41) is 15.3. The van der Waals surface area contributed by atoms with Crippen molar-refractivity contribution in [2.24, 2.45) is 5.10 Å². The summed E-state index contributed by atoms with van der Waals surface area (Å²) >= 11 is 3.39. The average Bonchev–Trinajstić information content (AvgIpc) is 2.68. The Morgan fingerprint density at radius 3 is 2.04 bits per heavy atom. The number of carbonyl (C=O) groups is 1.